The van der Waals surface area contributed by atoms with Crippen LogP contribution in [-0.2, 0) is 6.54 Å². The van der Waals surface area contributed by atoms with Gasteiger partial charge in [0.05, 0.1) is 20.7 Å². The number of halogens is 1. The van der Waals surface area contributed by atoms with Crippen LogP contribution >= 0.6 is 22.9 Å². The molecule has 0 unspecified atom stereocenters. The number of nitro groups is 1. The number of nitro benzene ring substituents is 1. The number of nitrogens with one attached hydrogen (secondary N) is 1. The Bertz CT molecular complexity index is 819. The summed E-state index contributed by atoms with van der Waals surface area (Å²) < 4.78 is 1.09. The maximum absolute atomic E-state index is 10.8. The number of aromatic nitrogens is 1. The smallest absolute Gasteiger partial charge is 0.269 e. The topological polar surface area (TPSA) is 68.1 Å². The molecule has 0 aliphatic rings. The minimum atomic E-state index is -0.427. The average Bonchev–Trinajstić information content (AvgIpc) is 2.93. The summed E-state index contributed by atoms with van der Waals surface area (Å²) in [5, 5.41) is 14.5. The highest BCUT2D eigenvalue weighted by molar-refractivity contribution is 7.16. The predicted octanol–water partition coefficient (Wildman–Crippen LogP) is 4.47. The molecular weight excluding hydrogens is 310 g/mol. The van der Waals surface area contributed by atoms with Crippen molar-refractivity contribution < 1.29 is 4.92 Å². The summed E-state index contributed by atoms with van der Waals surface area (Å²) in [7, 11) is 0. The first kappa shape index (κ1) is 13.8. The normalized spacial score (nSPS) is 10.7. The van der Waals surface area contributed by atoms with Gasteiger partial charge in [-0.2, -0.15) is 0 Å². The van der Waals surface area contributed by atoms with Gasteiger partial charge in [-0.3, -0.25) is 10.1 Å². The van der Waals surface area contributed by atoms with E-state index >= 15 is 0 Å². The van der Waals surface area contributed by atoms with Crippen molar-refractivity contribution in [1.82, 2.24) is 4.98 Å². The largest absolute Gasteiger partial charge is 0.381 e. The van der Waals surface area contributed by atoms with Gasteiger partial charge in [0.1, 0.15) is 0 Å². The molecule has 7 heteroatoms. The Kier molecular flexibility index (Phi) is 3.72. The maximum Gasteiger partial charge on any atom is 0.269 e. The van der Waals surface area contributed by atoms with Crippen LogP contribution < -0.4 is 5.32 Å². The first-order chi connectivity index (χ1) is 10.1. The standard InChI is InChI=1S/C14H10ClN3O2S/c15-12-3-2-11(18(19)20)5-9(12)7-16-10-1-4-13-14(6-10)21-8-17-13/h1-6,8,16H,7H2. The zero-order valence-electron chi connectivity index (χ0n) is 10.7. The summed E-state index contributed by atoms with van der Waals surface area (Å²) >= 11 is 7.64. The molecule has 0 radical (unpaired) electrons. The monoisotopic (exact) mass is 319 g/mol. The Hall–Kier alpha value is -2.18. The number of fused-ring (bicyclic) bond motifs is 1. The Morgan fingerprint density at radius 1 is 1.29 bits per heavy atom. The van der Waals surface area contributed by atoms with Gasteiger partial charge >= 0.3 is 0 Å². The molecular formula is C14H10ClN3O2S. The zero-order chi connectivity index (χ0) is 14.8. The van der Waals surface area contributed by atoms with E-state index in [1.54, 1.807) is 22.9 Å². The van der Waals surface area contributed by atoms with Crippen LogP contribution in [0.25, 0.3) is 10.2 Å². The van der Waals surface area contributed by atoms with Gasteiger partial charge in [0.2, 0.25) is 0 Å². The minimum Gasteiger partial charge on any atom is -0.381 e. The number of non-ortho nitro benzene ring substituents is 1. The highest BCUT2D eigenvalue weighted by Gasteiger charge is 2.09. The van der Waals surface area contributed by atoms with Gasteiger partial charge < -0.3 is 5.32 Å². The Morgan fingerprint density at radius 3 is 2.95 bits per heavy atom. The van der Waals surface area contributed by atoms with E-state index in [1.165, 1.54) is 12.1 Å². The van der Waals surface area contributed by atoms with Crippen LogP contribution in [0.4, 0.5) is 11.4 Å². The van der Waals surface area contributed by atoms with E-state index in [0.717, 1.165) is 15.9 Å². The van der Waals surface area contributed by atoms with Gasteiger partial charge in [-0.15, -0.1) is 11.3 Å². The number of thiazole rings is 1. The first-order valence-electron chi connectivity index (χ1n) is 6.13. The molecule has 2 aromatic carbocycles. The van der Waals surface area contributed by atoms with Gasteiger partial charge in [-0.1, -0.05) is 11.6 Å². The van der Waals surface area contributed by atoms with Gasteiger partial charge in [0, 0.05) is 29.4 Å². The Balaban J connectivity index is 1.80. The van der Waals surface area contributed by atoms with E-state index in [9.17, 15) is 10.1 Å². The van der Waals surface area contributed by atoms with E-state index in [0.29, 0.717) is 17.1 Å². The van der Waals surface area contributed by atoms with Crippen LogP contribution in [0.15, 0.2) is 41.9 Å². The van der Waals surface area contributed by atoms with Crippen molar-refractivity contribution in [2.75, 3.05) is 5.32 Å². The summed E-state index contributed by atoms with van der Waals surface area (Å²) in [5.74, 6) is 0. The summed E-state index contributed by atoms with van der Waals surface area (Å²) in [6, 6.07) is 10.3. The van der Waals surface area contributed by atoms with Crippen LogP contribution in [0.1, 0.15) is 5.56 Å². The van der Waals surface area contributed by atoms with Crippen LogP contribution in [0.2, 0.25) is 5.02 Å². The molecule has 0 aliphatic carbocycles. The van der Waals surface area contributed by atoms with Crippen molar-refractivity contribution in [3.8, 4) is 0 Å². The molecule has 1 N–H and O–H groups in total. The molecule has 5 nitrogen and oxygen atoms in total. The van der Waals surface area contributed by atoms with Crippen molar-refractivity contribution in [1.29, 1.82) is 0 Å². The maximum atomic E-state index is 10.8. The molecule has 3 rings (SSSR count). The van der Waals surface area contributed by atoms with Crippen LogP contribution in [-0.4, -0.2) is 9.91 Å². The molecule has 0 spiro atoms. The lowest BCUT2D eigenvalue weighted by molar-refractivity contribution is -0.384. The third kappa shape index (κ3) is 2.96. The van der Waals surface area contributed by atoms with Crippen molar-refractivity contribution >= 4 is 44.5 Å². The lowest BCUT2D eigenvalue weighted by Crippen LogP contribution is -2.01. The van der Waals surface area contributed by atoms with Crippen molar-refractivity contribution in [3.63, 3.8) is 0 Å². The number of hydrogen-bond acceptors (Lipinski definition) is 5. The molecule has 0 amide bonds. The predicted molar refractivity (Wildman–Crippen MR) is 85.1 cm³/mol. The van der Waals surface area contributed by atoms with Crippen LogP contribution in [0.5, 0.6) is 0 Å². The van der Waals surface area contributed by atoms with E-state index in [4.69, 9.17) is 11.6 Å². The highest BCUT2D eigenvalue weighted by atomic mass is 35.5. The van der Waals surface area contributed by atoms with E-state index in [2.05, 4.69) is 10.3 Å². The highest BCUT2D eigenvalue weighted by Crippen LogP contribution is 2.25. The van der Waals surface area contributed by atoms with Crippen LogP contribution in [0, 0.1) is 10.1 Å². The number of benzene rings is 2. The van der Waals surface area contributed by atoms with Gasteiger partial charge in [-0.05, 0) is 29.8 Å². The molecule has 0 bridgehead atoms. The molecule has 0 aliphatic heterocycles. The van der Waals surface area contributed by atoms with E-state index in [-0.39, 0.29) is 5.69 Å². The van der Waals surface area contributed by atoms with Crippen LogP contribution in [0.3, 0.4) is 0 Å². The van der Waals surface area contributed by atoms with Crippen molar-refractivity contribution in [2.45, 2.75) is 6.54 Å². The van der Waals surface area contributed by atoms with Crippen molar-refractivity contribution in [2.24, 2.45) is 0 Å². The SMILES string of the molecule is O=[N+]([O-])c1ccc(Cl)c(CNc2ccc3ncsc3c2)c1. The number of rotatable bonds is 4. The molecule has 0 saturated heterocycles. The minimum absolute atomic E-state index is 0.0362. The fourth-order valence-corrected chi connectivity index (χ4v) is 2.87. The molecule has 0 atom stereocenters. The number of hydrogen-bond donors (Lipinski definition) is 1. The molecule has 3 aromatic rings. The summed E-state index contributed by atoms with van der Waals surface area (Å²) in [4.78, 5) is 14.6. The lowest BCUT2D eigenvalue weighted by atomic mass is 10.2. The summed E-state index contributed by atoms with van der Waals surface area (Å²) in [5.41, 5.74) is 4.41. The molecule has 1 aromatic heterocycles. The van der Waals surface area contributed by atoms with Gasteiger partial charge in [0.15, 0.2) is 0 Å². The molecule has 1 heterocycles. The fourth-order valence-electron chi connectivity index (χ4n) is 1.97. The zero-order valence-corrected chi connectivity index (χ0v) is 12.3. The van der Waals surface area contributed by atoms with Gasteiger partial charge in [-0.25, -0.2) is 4.98 Å². The van der Waals surface area contributed by atoms with E-state index in [1.807, 2.05) is 18.2 Å². The second-order valence-electron chi connectivity index (χ2n) is 4.42. The fraction of sp³-hybridized carbons (Fsp3) is 0.0714. The molecule has 0 saturated carbocycles. The average molecular weight is 320 g/mol. The summed E-state index contributed by atoms with van der Waals surface area (Å²) in [6.45, 7) is 0.421. The Labute approximate surface area is 129 Å². The Morgan fingerprint density at radius 2 is 2.14 bits per heavy atom. The third-order valence-corrected chi connectivity index (χ3v) is 4.21. The second kappa shape index (κ2) is 5.67. The summed E-state index contributed by atoms with van der Waals surface area (Å²) in [6.07, 6.45) is 0. The lowest BCUT2D eigenvalue weighted by Gasteiger charge is -2.08. The van der Waals surface area contributed by atoms with Gasteiger partial charge in [0.25, 0.3) is 5.69 Å². The molecule has 0 fully saturated rings. The molecule has 21 heavy (non-hydrogen) atoms. The quantitative estimate of drug-likeness (QED) is 0.569. The molecule has 106 valence electrons. The third-order valence-electron chi connectivity index (χ3n) is 3.05. The number of nitrogens with zero attached hydrogens (tertiary/aromatic N) is 2. The second-order valence-corrected chi connectivity index (χ2v) is 5.71. The van der Waals surface area contributed by atoms with E-state index < -0.39 is 4.92 Å². The van der Waals surface area contributed by atoms with Crippen molar-refractivity contribution in [3.05, 3.63) is 62.6 Å². The number of anilines is 1. The first-order valence-corrected chi connectivity index (χ1v) is 7.39.